The lowest BCUT2D eigenvalue weighted by molar-refractivity contribution is 0.194. The number of nitrogens with zero attached hydrogens (tertiary/aromatic N) is 6. The molecule has 2 aliphatic rings. The van der Waals surface area contributed by atoms with Crippen molar-refractivity contribution >= 4 is 16.7 Å². The lowest BCUT2D eigenvalue weighted by atomic mass is 10.0. The molecule has 0 spiro atoms. The highest BCUT2D eigenvalue weighted by molar-refractivity contribution is 5.92. The molecule has 0 bridgehead atoms. The van der Waals surface area contributed by atoms with Gasteiger partial charge in [-0.1, -0.05) is 36.4 Å². The molecule has 6 rings (SSSR count). The summed E-state index contributed by atoms with van der Waals surface area (Å²) in [5.41, 5.74) is 4.32. The molecule has 1 N–H and O–H groups in total. The van der Waals surface area contributed by atoms with Crippen molar-refractivity contribution in [1.29, 1.82) is 0 Å². The van der Waals surface area contributed by atoms with Gasteiger partial charge in [0, 0.05) is 23.7 Å². The van der Waals surface area contributed by atoms with Crippen molar-refractivity contribution in [3.63, 3.8) is 0 Å². The van der Waals surface area contributed by atoms with E-state index in [0.29, 0.717) is 19.0 Å². The maximum atomic E-state index is 10.5. The summed E-state index contributed by atoms with van der Waals surface area (Å²) in [6.45, 7) is 2.80. The van der Waals surface area contributed by atoms with E-state index < -0.39 is 0 Å². The molecule has 174 valence electrons. The lowest BCUT2D eigenvalue weighted by Crippen LogP contribution is -2.31. The molecule has 2 aliphatic heterocycles. The highest BCUT2D eigenvalue weighted by atomic mass is 16.3. The minimum absolute atomic E-state index is 0.0988. The van der Waals surface area contributed by atoms with Crippen molar-refractivity contribution in [2.75, 3.05) is 31.6 Å². The Balaban J connectivity index is 1.31. The Bertz CT molecular complexity index is 1280. The number of rotatable bonds is 4. The number of fused-ring (bicyclic) bond motifs is 1. The zero-order valence-electron chi connectivity index (χ0n) is 19.5. The zero-order valence-corrected chi connectivity index (χ0v) is 19.5. The number of hydrogen-bond acceptors (Lipinski definition) is 6. The quantitative estimate of drug-likeness (QED) is 0.501. The number of anilines is 1. The molecule has 2 aromatic heterocycles. The van der Waals surface area contributed by atoms with Crippen LogP contribution in [0.25, 0.3) is 22.0 Å². The molecule has 0 amide bonds. The molecule has 2 saturated heterocycles. The van der Waals surface area contributed by atoms with Gasteiger partial charge >= 0.3 is 0 Å². The summed E-state index contributed by atoms with van der Waals surface area (Å²) in [7, 11) is 2.18. The first-order valence-corrected chi connectivity index (χ1v) is 12.1. The molecule has 2 fully saturated rings. The third-order valence-electron chi connectivity index (χ3n) is 7.35. The second-order valence-corrected chi connectivity index (χ2v) is 9.64. The fourth-order valence-electron chi connectivity index (χ4n) is 5.44. The van der Waals surface area contributed by atoms with E-state index in [1.807, 2.05) is 24.4 Å². The SMILES string of the molecule is CN1CCC(n2cc(-c3ccc4c(N5C[C@H](O)C[C@@H]5c5ccccc5)ncnc4c3)cn2)CC1. The lowest BCUT2D eigenvalue weighted by Gasteiger charge is -2.28. The van der Waals surface area contributed by atoms with Gasteiger partial charge in [-0.15, -0.1) is 0 Å². The fraction of sp³-hybridized carbons (Fsp3) is 0.370. The first-order chi connectivity index (χ1) is 16.7. The largest absolute Gasteiger partial charge is 0.391 e. The van der Waals surface area contributed by atoms with Gasteiger partial charge in [0.1, 0.15) is 12.1 Å². The van der Waals surface area contributed by atoms with Crippen molar-refractivity contribution in [3.8, 4) is 11.1 Å². The van der Waals surface area contributed by atoms with Crippen LogP contribution in [0.3, 0.4) is 0 Å². The average Bonchev–Trinajstić information content (AvgIpc) is 3.52. The van der Waals surface area contributed by atoms with Gasteiger partial charge in [-0.3, -0.25) is 4.68 Å². The van der Waals surface area contributed by atoms with E-state index in [0.717, 1.165) is 53.8 Å². The molecule has 7 nitrogen and oxygen atoms in total. The molecule has 0 unspecified atom stereocenters. The Morgan fingerprint density at radius 3 is 2.62 bits per heavy atom. The predicted molar refractivity (Wildman–Crippen MR) is 134 cm³/mol. The highest BCUT2D eigenvalue weighted by Crippen LogP contribution is 2.38. The van der Waals surface area contributed by atoms with Crippen LogP contribution in [0.1, 0.15) is 36.9 Å². The Kier molecular flexibility index (Phi) is 5.51. The molecule has 0 saturated carbocycles. The Labute approximate surface area is 199 Å². The topological polar surface area (TPSA) is 70.3 Å². The van der Waals surface area contributed by atoms with Crippen molar-refractivity contribution in [2.24, 2.45) is 0 Å². The summed E-state index contributed by atoms with van der Waals surface area (Å²) in [5.74, 6) is 0.879. The minimum Gasteiger partial charge on any atom is -0.391 e. The molecule has 4 heterocycles. The number of likely N-dealkylation sites (tertiary alicyclic amines) is 1. The van der Waals surface area contributed by atoms with E-state index in [1.54, 1.807) is 6.33 Å². The fourth-order valence-corrected chi connectivity index (χ4v) is 5.44. The molecular formula is C27H30N6O. The summed E-state index contributed by atoms with van der Waals surface area (Å²) in [5, 5.41) is 16.2. The van der Waals surface area contributed by atoms with Crippen LogP contribution in [-0.4, -0.2) is 62.5 Å². The van der Waals surface area contributed by atoms with Gasteiger partial charge in [0.05, 0.1) is 29.9 Å². The van der Waals surface area contributed by atoms with Gasteiger partial charge in [-0.05, 0) is 62.7 Å². The smallest absolute Gasteiger partial charge is 0.140 e. The van der Waals surface area contributed by atoms with Crippen LogP contribution >= 0.6 is 0 Å². The number of benzene rings is 2. The van der Waals surface area contributed by atoms with E-state index in [1.165, 1.54) is 5.56 Å². The van der Waals surface area contributed by atoms with E-state index in [4.69, 9.17) is 0 Å². The standard InChI is InChI=1S/C27H30N6O/c1-31-11-9-22(10-12-31)33-16-21(15-30-33)20-7-8-24-25(13-20)28-18-29-27(24)32-17-23(34)14-26(32)19-5-3-2-4-6-19/h2-8,13,15-16,18,22-23,26,34H,9-12,14,17H2,1H3/t23-,26-/m1/s1. The van der Waals surface area contributed by atoms with Crippen LogP contribution in [0.2, 0.25) is 0 Å². The van der Waals surface area contributed by atoms with Crippen LogP contribution in [0, 0.1) is 0 Å². The molecule has 34 heavy (non-hydrogen) atoms. The second kappa shape index (κ2) is 8.81. The third-order valence-corrected chi connectivity index (χ3v) is 7.35. The molecule has 0 radical (unpaired) electrons. The van der Waals surface area contributed by atoms with Gasteiger partial charge in [-0.25, -0.2) is 9.97 Å². The molecule has 2 aromatic carbocycles. The van der Waals surface area contributed by atoms with Crippen LogP contribution in [0.15, 0.2) is 67.3 Å². The number of aliphatic hydroxyl groups excluding tert-OH is 1. The summed E-state index contributed by atoms with van der Waals surface area (Å²) >= 11 is 0. The molecule has 4 aromatic rings. The first-order valence-electron chi connectivity index (χ1n) is 12.1. The second-order valence-electron chi connectivity index (χ2n) is 9.64. The third kappa shape index (κ3) is 3.95. The molecular weight excluding hydrogens is 424 g/mol. The normalized spacial score (nSPS) is 22.0. The van der Waals surface area contributed by atoms with Crippen LogP contribution in [0.4, 0.5) is 5.82 Å². The molecule has 7 heteroatoms. The Morgan fingerprint density at radius 2 is 1.79 bits per heavy atom. The van der Waals surface area contributed by atoms with E-state index >= 15 is 0 Å². The Morgan fingerprint density at radius 1 is 0.971 bits per heavy atom. The molecule has 2 atom stereocenters. The van der Waals surface area contributed by atoms with Crippen LogP contribution in [-0.2, 0) is 0 Å². The van der Waals surface area contributed by atoms with Crippen LogP contribution < -0.4 is 4.90 Å². The first kappa shape index (κ1) is 21.3. The van der Waals surface area contributed by atoms with E-state index in [2.05, 4.69) is 73.1 Å². The van der Waals surface area contributed by atoms with Gasteiger partial charge in [0.2, 0.25) is 0 Å². The van der Waals surface area contributed by atoms with E-state index in [9.17, 15) is 5.11 Å². The summed E-state index contributed by atoms with van der Waals surface area (Å²) in [6, 6.07) is 17.3. The summed E-state index contributed by atoms with van der Waals surface area (Å²) < 4.78 is 2.13. The van der Waals surface area contributed by atoms with Crippen LogP contribution in [0.5, 0.6) is 0 Å². The monoisotopic (exact) mass is 454 g/mol. The number of aliphatic hydroxyl groups is 1. The predicted octanol–water partition coefficient (Wildman–Crippen LogP) is 4.07. The maximum Gasteiger partial charge on any atom is 0.140 e. The summed E-state index contributed by atoms with van der Waals surface area (Å²) in [6.07, 6.45) is 8.36. The minimum atomic E-state index is -0.375. The van der Waals surface area contributed by atoms with Gasteiger partial charge in [0.15, 0.2) is 0 Å². The van der Waals surface area contributed by atoms with Gasteiger partial charge in [0.25, 0.3) is 0 Å². The highest BCUT2D eigenvalue weighted by Gasteiger charge is 2.33. The Hall–Kier alpha value is -3.29. The summed E-state index contributed by atoms with van der Waals surface area (Å²) in [4.78, 5) is 13.8. The van der Waals surface area contributed by atoms with Crippen molar-refractivity contribution in [1.82, 2.24) is 24.6 Å². The number of hydrogen-bond donors (Lipinski definition) is 1. The number of aromatic nitrogens is 4. The maximum absolute atomic E-state index is 10.5. The van der Waals surface area contributed by atoms with Gasteiger partial charge in [-0.2, -0.15) is 5.10 Å². The van der Waals surface area contributed by atoms with Gasteiger partial charge < -0.3 is 14.9 Å². The van der Waals surface area contributed by atoms with E-state index in [-0.39, 0.29) is 12.1 Å². The van der Waals surface area contributed by atoms with Crippen molar-refractivity contribution < 1.29 is 5.11 Å². The van der Waals surface area contributed by atoms with Crippen molar-refractivity contribution in [2.45, 2.75) is 37.5 Å². The van der Waals surface area contributed by atoms with Crippen molar-refractivity contribution in [3.05, 3.63) is 72.8 Å². The number of β-amino-alcohol motifs (C(OH)–C–C–N with tert-alkyl or cyclic N) is 1. The zero-order chi connectivity index (χ0) is 23.1. The average molecular weight is 455 g/mol. The molecule has 0 aliphatic carbocycles. The number of piperidine rings is 1.